The first-order valence-electron chi connectivity index (χ1n) is 6.35. The van der Waals surface area contributed by atoms with Crippen molar-refractivity contribution in [2.75, 3.05) is 13.7 Å². The second-order valence-electron chi connectivity index (χ2n) is 4.31. The lowest BCUT2D eigenvalue weighted by Crippen LogP contribution is -2.35. The van der Waals surface area contributed by atoms with Gasteiger partial charge in [-0.25, -0.2) is 0 Å². The van der Waals surface area contributed by atoms with Crippen molar-refractivity contribution in [2.24, 2.45) is 11.8 Å². The van der Waals surface area contributed by atoms with E-state index in [1.165, 1.54) is 0 Å². The highest BCUT2D eigenvalue weighted by Gasteiger charge is 2.25. The Bertz CT molecular complexity index is 352. The molecule has 0 aliphatic heterocycles. The Morgan fingerprint density at radius 3 is 2.67 bits per heavy atom. The summed E-state index contributed by atoms with van der Waals surface area (Å²) in [7, 11) is 1.69. The number of hydrazine groups is 1. The number of nitrogens with zero attached hydrogens (tertiary/aromatic N) is 2. The molecule has 0 saturated carbocycles. The summed E-state index contributed by atoms with van der Waals surface area (Å²) < 4.78 is 8.06. The lowest BCUT2D eigenvalue weighted by molar-refractivity contribution is 0.180. The molecule has 6 heteroatoms. The molecule has 1 atom stereocenters. The number of aromatic nitrogens is 2. The SMILES string of the molecule is CCC(CC)C(NN)c1c(Br)cnn1CCOC. The Kier molecular flexibility index (Phi) is 6.85. The third-order valence-electron chi connectivity index (χ3n) is 3.33. The van der Waals surface area contributed by atoms with Gasteiger partial charge in [0.25, 0.3) is 0 Å². The normalized spacial score (nSPS) is 13.2. The highest BCUT2D eigenvalue weighted by Crippen LogP contribution is 2.31. The summed E-state index contributed by atoms with van der Waals surface area (Å²) in [4.78, 5) is 0. The quantitative estimate of drug-likeness (QED) is 0.570. The third kappa shape index (κ3) is 3.54. The van der Waals surface area contributed by atoms with Gasteiger partial charge in [-0.2, -0.15) is 5.10 Å². The van der Waals surface area contributed by atoms with Crippen LogP contribution in [-0.4, -0.2) is 23.5 Å². The van der Waals surface area contributed by atoms with Crippen LogP contribution in [0, 0.1) is 5.92 Å². The summed E-state index contributed by atoms with van der Waals surface area (Å²) in [6.45, 7) is 5.74. The molecule has 1 aromatic heterocycles. The average Bonchev–Trinajstić information content (AvgIpc) is 2.74. The second kappa shape index (κ2) is 7.89. The van der Waals surface area contributed by atoms with Crippen LogP contribution in [0.5, 0.6) is 0 Å². The first-order chi connectivity index (χ1) is 8.69. The molecule has 0 bridgehead atoms. The van der Waals surface area contributed by atoms with Crippen molar-refractivity contribution in [3.05, 3.63) is 16.4 Å². The van der Waals surface area contributed by atoms with Crippen LogP contribution in [0.1, 0.15) is 38.4 Å². The Morgan fingerprint density at radius 1 is 1.50 bits per heavy atom. The molecule has 18 heavy (non-hydrogen) atoms. The van der Waals surface area contributed by atoms with E-state index in [4.69, 9.17) is 10.6 Å². The van der Waals surface area contributed by atoms with Crippen LogP contribution in [0.2, 0.25) is 0 Å². The standard InChI is InChI=1S/C12H23BrN4O/c1-4-9(5-2)11(16-14)12-10(13)8-15-17(12)6-7-18-3/h8-9,11,16H,4-7,14H2,1-3H3. The van der Waals surface area contributed by atoms with Crippen LogP contribution < -0.4 is 11.3 Å². The van der Waals surface area contributed by atoms with E-state index in [1.54, 1.807) is 7.11 Å². The molecule has 1 aromatic rings. The minimum atomic E-state index is 0.105. The molecule has 0 saturated heterocycles. The number of methoxy groups -OCH3 is 1. The van der Waals surface area contributed by atoms with E-state index in [9.17, 15) is 0 Å². The lowest BCUT2D eigenvalue weighted by atomic mass is 9.92. The first kappa shape index (κ1) is 15.6. The molecule has 1 unspecified atom stereocenters. The molecule has 0 aliphatic rings. The maximum Gasteiger partial charge on any atom is 0.0713 e. The van der Waals surface area contributed by atoms with Gasteiger partial charge in [-0.3, -0.25) is 16.0 Å². The number of ether oxygens (including phenoxy) is 1. The van der Waals surface area contributed by atoms with Crippen LogP contribution in [0.15, 0.2) is 10.7 Å². The summed E-state index contributed by atoms with van der Waals surface area (Å²) >= 11 is 3.56. The van der Waals surface area contributed by atoms with E-state index in [0.29, 0.717) is 12.5 Å². The molecule has 0 aliphatic carbocycles. The fourth-order valence-electron chi connectivity index (χ4n) is 2.24. The summed E-state index contributed by atoms with van der Waals surface area (Å²) in [5, 5.41) is 4.37. The molecule has 0 fully saturated rings. The number of hydrogen-bond acceptors (Lipinski definition) is 4. The van der Waals surface area contributed by atoms with Gasteiger partial charge in [0.15, 0.2) is 0 Å². The Morgan fingerprint density at radius 2 is 2.17 bits per heavy atom. The average molecular weight is 319 g/mol. The molecule has 0 radical (unpaired) electrons. The third-order valence-corrected chi connectivity index (χ3v) is 3.95. The highest BCUT2D eigenvalue weighted by molar-refractivity contribution is 9.10. The van der Waals surface area contributed by atoms with Crippen molar-refractivity contribution in [3.63, 3.8) is 0 Å². The Labute approximate surface area is 117 Å². The molecule has 5 nitrogen and oxygen atoms in total. The maximum atomic E-state index is 5.74. The smallest absolute Gasteiger partial charge is 0.0713 e. The van der Waals surface area contributed by atoms with Gasteiger partial charge >= 0.3 is 0 Å². The molecule has 104 valence electrons. The topological polar surface area (TPSA) is 65.1 Å². The van der Waals surface area contributed by atoms with E-state index in [2.05, 4.69) is 40.3 Å². The highest BCUT2D eigenvalue weighted by atomic mass is 79.9. The van der Waals surface area contributed by atoms with Crippen LogP contribution in [-0.2, 0) is 11.3 Å². The van der Waals surface area contributed by atoms with Gasteiger partial charge in [0.1, 0.15) is 0 Å². The number of nitrogens with two attached hydrogens (primary N) is 1. The summed E-state index contributed by atoms with van der Waals surface area (Å²) in [5.41, 5.74) is 4.03. The predicted molar refractivity (Wildman–Crippen MR) is 75.9 cm³/mol. The molecule has 1 rings (SSSR count). The van der Waals surface area contributed by atoms with Gasteiger partial charge < -0.3 is 4.74 Å². The largest absolute Gasteiger partial charge is 0.383 e. The minimum Gasteiger partial charge on any atom is -0.383 e. The zero-order chi connectivity index (χ0) is 13.5. The van der Waals surface area contributed by atoms with Gasteiger partial charge in [0.05, 0.1) is 35.6 Å². The lowest BCUT2D eigenvalue weighted by Gasteiger charge is -2.26. The van der Waals surface area contributed by atoms with Crippen molar-refractivity contribution in [1.82, 2.24) is 15.2 Å². The predicted octanol–water partition coefficient (Wildman–Crippen LogP) is 2.23. The molecule has 0 spiro atoms. The maximum absolute atomic E-state index is 5.74. The summed E-state index contributed by atoms with van der Waals surface area (Å²) in [6, 6.07) is 0.105. The van der Waals surface area contributed by atoms with Gasteiger partial charge in [-0.05, 0) is 21.8 Å². The number of nitrogens with one attached hydrogen (secondary N) is 1. The summed E-state index contributed by atoms with van der Waals surface area (Å²) in [6.07, 6.45) is 3.97. The van der Waals surface area contributed by atoms with Gasteiger partial charge in [-0.15, -0.1) is 0 Å². The van der Waals surface area contributed by atoms with E-state index in [0.717, 1.165) is 29.6 Å². The zero-order valence-corrected chi connectivity index (χ0v) is 12.9. The van der Waals surface area contributed by atoms with Crippen molar-refractivity contribution in [2.45, 2.75) is 39.3 Å². The molecular formula is C12H23BrN4O. The van der Waals surface area contributed by atoms with Crippen LogP contribution in [0.3, 0.4) is 0 Å². The van der Waals surface area contributed by atoms with Crippen molar-refractivity contribution >= 4 is 15.9 Å². The van der Waals surface area contributed by atoms with E-state index < -0.39 is 0 Å². The van der Waals surface area contributed by atoms with Gasteiger partial charge in [0.2, 0.25) is 0 Å². The van der Waals surface area contributed by atoms with E-state index >= 15 is 0 Å². The fourth-order valence-corrected chi connectivity index (χ4v) is 2.78. The van der Waals surface area contributed by atoms with E-state index in [-0.39, 0.29) is 6.04 Å². The molecule has 1 heterocycles. The summed E-state index contributed by atoms with van der Waals surface area (Å²) in [5.74, 6) is 6.23. The minimum absolute atomic E-state index is 0.105. The molecule has 0 aromatic carbocycles. The number of rotatable bonds is 8. The van der Waals surface area contributed by atoms with Gasteiger partial charge in [0, 0.05) is 7.11 Å². The van der Waals surface area contributed by atoms with Crippen molar-refractivity contribution < 1.29 is 4.74 Å². The van der Waals surface area contributed by atoms with Crippen molar-refractivity contribution in [3.8, 4) is 0 Å². The number of halogens is 1. The zero-order valence-electron chi connectivity index (χ0n) is 11.3. The molecule has 3 N–H and O–H groups in total. The van der Waals surface area contributed by atoms with Crippen molar-refractivity contribution in [1.29, 1.82) is 0 Å². The van der Waals surface area contributed by atoms with Crippen LogP contribution in [0.25, 0.3) is 0 Å². The second-order valence-corrected chi connectivity index (χ2v) is 5.17. The molecule has 0 amide bonds. The first-order valence-corrected chi connectivity index (χ1v) is 7.15. The van der Waals surface area contributed by atoms with Crippen LogP contribution >= 0.6 is 15.9 Å². The van der Waals surface area contributed by atoms with Gasteiger partial charge in [-0.1, -0.05) is 26.7 Å². The molecular weight excluding hydrogens is 296 g/mol. The Balaban J connectivity index is 2.99. The number of hydrogen-bond donors (Lipinski definition) is 2. The fraction of sp³-hybridized carbons (Fsp3) is 0.750. The van der Waals surface area contributed by atoms with Crippen LogP contribution in [0.4, 0.5) is 0 Å². The Hall–Kier alpha value is -0.430. The monoisotopic (exact) mass is 318 g/mol. The van der Waals surface area contributed by atoms with E-state index in [1.807, 2.05) is 10.9 Å².